The zero-order valence-electron chi connectivity index (χ0n) is 14.2. The van der Waals surface area contributed by atoms with Crippen molar-refractivity contribution in [1.29, 1.82) is 5.26 Å². The second-order valence-electron chi connectivity index (χ2n) is 5.26. The molecule has 25 heavy (non-hydrogen) atoms. The minimum Gasteiger partial charge on any atom is -0.463 e. The maximum atomic E-state index is 11.4. The molecule has 0 aromatic rings. The van der Waals surface area contributed by atoms with Crippen LogP contribution < -0.4 is 0 Å². The highest BCUT2D eigenvalue weighted by Crippen LogP contribution is 2.31. The van der Waals surface area contributed by atoms with Crippen LogP contribution >= 0.6 is 0 Å². The van der Waals surface area contributed by atoms with Crippen LogP contribution in [0.3, 0.4) is 0 Å². The van der Waals surface area contributed by atoms with Gasteiger partial charge in [-0.15, -0.1) is 0 Å². The van der Waals surface area contributed by atoms with Gasteiger partial charge in [-0.05, 0) is 0 Å². The van der Waals surface area contributed by atoms with Crippen LogP contribution in [0.2, 0.25) is 0 Å². The van der Waals surface area contributed by atoms with Gasteiger partial charge in [-0.1, -0.05) is 0 Å². The Kier molecular flexibility index (Phi) is 7.32. The highest BCUT2D eigenvalue weighted by atomic mass is 16.7. The van der Waals surface area contributed by atoms with Crippen molar-refractivity contribution in [1.82, 2.24) is 0 Å². The number of carbonyl (C=O) groups is 4. The number of hydrogen-bond donors (Lipinski definition) is 0. The van der Waals surface area contributed by atoms with Crippen molar-refractivity contribution in [2.24, 2.45) is 5.92 Å². The molecule has 5 atom stereocenters. The fourth-order valence-corrected chi connectivity index (χ4v) is 2.30. The first-order chi connectivity index (χ1) is 11.6. The molecular weight excluding hydrogens is 338 g/mol. The summed E-state index contributed by atoms with van der Waals surface area (Å²) in [5.74, 6) is -4.06. The summed E-state index contributed by atoms with van der Waals surface area (Å²) in [7, 11) is 0. The number of ether oxygens (including phenoxy) is 5. The summed E-state index contributed by atoms with van der Waals surface area (Å²) in [4.78, 5) is 45.1. The highest BCUT2D eigenvalue weighted by Gasteiger charge is 2.52. The van der Waals surface area contributed by atoms with Crippen molar-refractivity contribution in [3.05, 3.63) is 0 Å². The molecule has 0 aliphatic carbocycles. The van der Waals surface area contributed by atoms with Gasteiger partial charge in [-0.2, -0.15) is 5.26 Å². The molecule has 0 amide bonds. The van der Waals surface area contributed by atoms with Crippen LogP contribution in [0.25, 0.3) is 0 Å². The second-order valence-corrected chi connectivity index (χ2v) is 5.26. The summed E-state index contributed by atoms with van der Waals surface area (Å²) in [5.41, 5.74) is 0. The van der Waals surface area contributed by atoms with Gasteiger partial charge < -0.3 is 23.7 Å². The molecule has 1 heterocycles. The standard InChI is InChI=1S/C15H19NO9/c1-7(17)21-6-12-14(23-9(3)19)13(22-8(2)18)11(5-16)15(25-12)24-10(4)20/h11-15H,6H2,1-4H3/t11-,12-,13-,14-,15-/m1/s1. The fraction of sp³-hybridized carbons (Fsp3) is 0.667. The van der Waals surface area contributed by atoms with E-state index in [1.54, 1.807) is 0 Å². The van der Waals surface area contributed by atoms with Crippen molar-refractivity contribution in [3.8, 4) is 6.07 Å². The van der Waals surface area contributed by atoms with Gasteiger partial charge in [0.25, 0.3) is 0 Å². The highest BCUT2D eigenvalue weighted by molar-refractivity contribution is 5.68. The van der Waals surface area contributed by atoms with E-state index in [1.807, 2.05) is 6.07 Å². The quantitative estimate of drug-likeness (QED) is 0.482. The number of nitriles is 1. The molecule has 0 saturated carbocycles. The van der Waals surface area contributed by atoms with Gasteiger partial charge in [0.1, 0.15) is 18.6 Å². The van der Waals surface area contributed by atoms with Crippen LogP contribution in [0.1, 0.15) is 27.7 Å². The molecule has 0 aromatic heterocycles. The van der Waals surface area contributed by atoms with Crippen LogP contribution in [0, 0.1) is 17.2 Å². The van der Waals surface area contributed by atoms with Gasteiger partial charge in [0, 0.05) is 27.7 Å². The minimum atomic E-state index is -1.39. The number of hydrogen-bond acceptors (Lipinski definition) is 10. The molecule has 1 rings (SSSR count). The lowest BCUT2D eigenvalue weighted by atomic mass is 9.91. The van der Waals surface area contributed by atoms with Crippen LogP contribution in [-0.4, -0.2) is 55.1 Å². The lowest BCUT2D eigenvalue weighted by Crippen LogP contribution is -2.59. The average Bonchev–Trinajstić information content (AvgIpc) is 2.46. The summed E-state index contributed by atoms with van der Waals surface area (Å²) in [6.07, 6.45) is -4.99. The molecule has 10 heteroatoms. The van der Waals surface area contributed by atoms with Crippen molar-refractivity contribution < 1.29 is 42.9 Å². The Labute approximate surface area is 143 Å². The molecule has 10 nitrogen and oxygen atoms in total. The molecule has 0 N–H and O–H groups in total. The Bertz CT molecular complexity index is 582. The maximum Gasteiger partial charge on any atom is 0.304 e. The van der Waals surface area contributed by atoms with E-state index < -0.39 is 54.4 Å². The zero-order valence-corrected chi connectivity index (χ0v) is 14.2. The van der Waals surface area contributed by atoms with Crippen LogP contribution in [0.15, 0.2) is 0 Å². The van der Waals surface area contributed by atoms with E-state index in [0.29, 0.717) is 0 Å². The Morgan fingerprint density at radius 3 is 1.84 bits per heavy atom. The van der Waals surface area contributed by atoms with Gasteiger partial charge in [0.2, 0.25) is 6.29 Å². The van der Waals surface area contributed by atoms with Crippen molar-refractivity contribution in [3.63, 3.8) is 0 Å². The van der Waals surface area contributed by atoms with E-state index in [4.69, 9.17) is 23.7 Å². The topological polar surface area (TPSA) is 138 Å². The number of nitrogens with zero attached hydrogens (tertiary/aromatic N) is 1. The van der Waals surface area contributed by atoms with E-state index in [9.17, 15) is 24.4 Å². The molecule has 1 aliphatic rings. The molecule has 0 unspecified atom stereocenters. The third-order valence-corrected chi connectivity index (χ3v) is 3.13. The summed E-state index contributed by atoms with van der Waals surface area (Å²) in [6.45, 7) is 4.14. The lowest BCUT2D eigenvalue weighted by molar-refractivity contribution is -0.274. The average molecular weight is 357 g/mol. The van der Waals surface area contributed by atoms with Gasteiger partial charge in [0.15, 0.2) is 12.2 Å². The second kappa shape index (κ2) is 8.98. The Morgan fingerprint density at radius 1 is 0.880 bits per heavy atom. The summed E-state index contributed by atoms with van der Waals surface area (Å²) < 4.78 is 25.5. The predicted molar refractivity (Wildman–Crippen MR) is 77.3 cm³/mol. The first-order valence-corrected chi connectivity index (χ1v) is 7.35. The van der Waals surface area contributed by atoms with E-state index in [2.05, 4.69) is 0 Å². The predicted octanol–water partition coefficient (Wildman–Crippen LogP) is -0.159. The SMILES string of the molecule is CC(=O)OC[C@H]1O[C@@H](OC(C)=O)[C@H](C#N)[C@@H](OC(C)=O)[C@@H]1OC(C)=O. The van der Waals surface area contributed by atoms with E-state index in [0.717, 1.165) is 27.7 Å². The van der Waals surface area contributed by atoms with Crippen LogP contribution in [0.5, 0.6) is 0 Å². The summed E-state index contributed by atoms with van der Waals surface area (Å²) in [6, 6.07) is 1.82. The van der Waals surface area contributed by atoms with Gasteiger partial charge in [-0.25, -0.2) is 0 Å². The summed E-state index contributed by atoms with van der Waals surface area (Å²) >= 11 is 0. The lowest BCUT2D eigenvalue weighted by Gasteiger charge is -2.41. The molecule has 138 valence electrons. The molecule has 1 aliphatic heterocycles. The number of esters is 4. The molecular formula is C15H19NO9. The largest absolute Gasteiger partial charge is 0.463 e. The Balaban J connectivity index is 3.19. The molecule has 0 spiro atoms. The van der Waals surface area contributed by atoms with Crippen molar-refractivity contribution in [2.45, 2.75) is 52.3 Å². The molecule has 0 aromatic carbocycles. The van der Waals surface area contributed by atoms with Gasteiger partial charge >= 0.3 is 23.9 Å². The molecule has 1 fully saturated rings. The Morgan fingerprint density at radius 2 is 1.40 bits per heavy atom. The monoisotopic (exact) mass is 357 g/mol. The van der Waals surface area contributed by atoms with Gasteiger partial charge in [0.05, 0.1) is 6.07 Å². The first-order valence-electron chi connectivity index (χ1n) is 7.35. The van der Waals surface area contributed by atoms with E-state index >= 15 is 0 Å². The third-order valence-electron chi connectivity index (χ3n) is 3.13. The van der Waals surface area contributed by atoms with Crippen molar-refractivity contribution in [2.75, 3.05) is 6.61 Å². The molecule has 0 radical (unpaired) electrons. The molecule has 1 saturated heterocycles. The van der Waals surface area contributed by atoms with Crippen LogP contribution in [0.4, 0.5) is 0 Å². The Hall–Kier alpha value is -2.67. The number of carbonyl (C=O) groups excluding carboxylic acids is 4. The first kappa shape index (κ1) is 20.4. The third kappa shape index (κ3) is 6.04. The smallest absolute Gasteiger partial charge is 0.304 e. The van der Waals surface area contributed by atoms with Crippen molar-refractivity contribution >= 4 is 23.9 Å². The minimum absolute atomic E-state index is 0.360. The van der Waals surface area contributed by atoms with Crippen LogP contribution in [-0.2, 0) is 42.9 Å². The van der Waals surface area contributed by atoms with E-state index in [-0.39, 0.29) is 6.61 Å². The zero-order chi connectivity index (χ0) is 19.1. The van der Waals surface area contributed by atoms with E-state index in [1.165, 1.54) is 0 Å². The normalized spacial score (nSPS) is 28.2. The fourth-order valence-electron chi connectivity index (χ4n) is 2.30. The molecule has 0 bridgehead atoms. The number of rotatable bonds is 5. The summed E-state index contributed by atoms with van der Waals surface area (Å²) in [5, 5.41) is 9.38. The van der Waals surface area contributed by atoms with Gasteiger partial charge in [-0.3, -0.25) is 19.2 Å². The maximum absolute atomic E-state index is 11.4.